The zero-order valence-corrected chi connectivity index (χ0v) is 19.2. The van der Waals surface area contributed by atoms with Crippen LogP contribution >= 0.6 is 11.3 Å². The van der Waals surface area contributed by atoms with E-state index in [1.807, 2.05) is 17.5 Å². The van der Waals surface area contributed by atoms with Crippen molar-refractivity contribution in [2.45, 2.75) is 51.5 Å². The number of benzene rings is 1. The largest absolute Gasteiger partial charge is 0.351 e. The lowest BCUT2D eigenvalue weighted by molar-refractivity contribution is -0.121. The van der Waals surface area contributed by atoms with Crippen LogP contribution in [-0.4, -0.2) is 44.9 Å². The fraction of sp³-hybridized carbons (Fsp3) is 0.391. The number of Topliss-reactive ketones (excluding diaryl/α,β-unsaturated/α-hetero) is 1. The van der Waals surface area contributed by atoms with Crippen LogP contribution in [0.2, 0.25) is 0 Å². The van der Waals surface area contributed by atoms with Crippen LogP contribution < -0.4 is 11.1 Å². The van der Waals surface area contributed by atoms with E-state index in [4.69, 9.17) is 5.73 Å². The van der Waals surface area contributed by atoms with Crippen molar-refractivity contribution in [1.29, 1.82) is 0 Å². The predicted molar refractivity (Wildman–Crippen MR) is 125 cm³/mol. The van der Waals surface area contributed by atoms with Crippen LogP contribution in [0.1, 0.15) is 44.3 Å². The smallest absolute Gasteiger partial charge is 0.323 e. The number of nitrogens with two attached hydrogens (primary N) is 1. The fourth-order valence-electron chi connectivity index (χ4n) is 4.00. The van der Waals surface area contributed by atoms with E-state index in [1.54, 1.807) is 17.0 Å². The van der Waals surface area contributed by atoms with E-state index in [-0.39, 0.29) is 23.7 Å². The molecule has 8 nitrogen and oxygen atoms in total. The highest BCUT2D eigenvalue weighted by atomic mass is 32.1. The molecule has 3 aromatic rings. The maximum atomic E-state index is 13.1. The minimum atomic E-state index is -0.631. The third-order valence-corrected chi connectivity index (χ3v) is 6.57. The molecule has 1 atom stereocenters. The number of nitrogens with zero attached hydrogens (tertiary/aromatic N) is 3. The van der Waals surface area contributed by atoms with Crippen molar-refractivity contribution in [1.82, 2.24) is 14.5 Å². The summed E-state index contributed by atoms with van der Waals surface area (Å²) in [5.74, 6) is -0.00739. The number of amides is 3. The van der Waals surface area contributed by atoms with Gasteiger partial charge in [0.15, 0.2) is 5.78 Å². The van der Waals surface area contributed by atoms with Crippen LogP contribution in [0, 0.1) is 0 Å². The summed E-state index contributed by atoms with van der Waals surface area (Å²) in [7, 11) is 0. The van der Waals surface area contributed by atoms with Gasteiger partial charge in [-0.2, -0.15) is 0 Å². The van der Waals surface area contributed by atoms with Gasteiger partial charge in [-0.05, 0) is 18.9 Å². The van der Waals surface area contributed by atoms with Crippen molar-refractivity contribution in [2.75, 3.05) is 11.9 Å². The molecule has 1 fully saturated rings. The maximum absolute atomic E-state index is 13.1. The van der Waals surface area contributed by atoms with Gasteiger partial charge in [-0.1, -0.05) is 39.0 Å². The molecular formula is C23H27N5O3S. The Morgan fingerprint density at radius 3 is 2.69 bits per heavy atom. The number of aromatic nitrogens is 2. The molecule has 0 unspecified atom stereocenters. The Kier molecular flexibility index (Phi) is 5.77. The third kappa shape index (κ3) is 4.25. The second kappa shape index (κ2) is 8.38. The van der Waals surface area contributed by atoms with Crippen LogP contribution in [-0.2, 0) is 16.6 Å². The first-order valence-corrected chi connectivity index (χ1v) is 11.5. The lowest BCUT2D eigenvalue weighted by atomic mass is 9.93. The molecule has 3 amide bonds. The van der Waals surface area contributed by atoms with Gasteiger partial charge in [-0.3, -0.25) is 9.36 Å². The van der Waals surface area contributed by atoms with Crippen molar-refractivity contribution in [2.24, 2.45) is 5.73 Å². The van der Waals surface area contributed by atoms with Gasteiger partial charge in [0, 0.05) is 28.9 Å². The summed E-state index contributed by atoms with van der Waals surface area (Å²) in [4.78, 5) is 44.0. The second-order valence-corrected chi connectivity index (χ2v) is 10.0. The van der Waals surface area contributed by atoms with Crippen molar-refractivity contribution in [3.63, 3.8) is 0 Å². The maximum Gasteiger partial charge on any atom is 0.323 e. The van der Waals surface area contributed by atoms with Crippen LogP contribution in [0.4, 0.5) is 15.3 Å². The SMILES string of the molecule is CC(C)(C)c1csc(CC(=O)[C@@H]2CCCN2C(=O)Nc2cn(C(N)=O)c3ccccc23)n1. The number of hydrogen-bond donors (Lipinski definition) is 2. The molecule has 0 aliphatic carbocycles. The van der Waals surface area contributed by atoms with Gasteiger partial charge < -0.3 is 16.0 Å². The molecule has 32 heavy (non-hydrogen) atoms. The molecule has 1 aliphatic heterocycles. The topological polar surface area (TPSA) is 110 Å². The summed E-state index contributed by atoms with van der Waals surface area (Å²) in [5.41, 5.74) is 7.46. The zero-order chi connectivity index (χ0) is 23.0. The molecule has 9 heteroatoms. The van der Waals surface area contributed by atoms with E-state index in [1.165, 1.54) is 22.1 Å². The van der Waals surface area contributed by atoms with Gasteiger partial charge in [-0.25, -0.2) is 14.6 Å². The van der Waals surface area contributed by atoms with Gasteiger partial charge in [0.05, 0.1) is 29.4 Å². The molecule has 0 radical (unpaired) electrons. The van der Waals surface area contributed by atoms with Crippen LogP contribution in [0.15, 0.2) is 35.8 Å². The van der Waals surface area contributed by atoms with Gasteiger partial charge in [0.1, 0.15) is 5.01 Å². The highest BCUT2D eigenvalue weighted by Crippen LogP contribution is 2.28. The summed E-state index contributed by atoms with van der Waals surface area (Å²) in [6, 6.07) is 5.72. The molecule has 168 valence electrons. The number of urea groups is 1. The number of thiazole rings is 1. The molecule has 3 heterocycles. The number of hydrogen-bond acceptors (Lipinski definition) is 5. The summed E-state index contributed by atoms with van der Waals surface area (Å²) >= 11 is 1.49. The molecule has 1 aliphatic rings. The third-order valence-electron chi connectivity index (χ3n) is 5.72. The number of nitrogens with one attached hydrogen (secondary N) is 1. The summed E-state index contributed by atoms with van der Waals surface area (Å²) in [5, 5.41) is 6.35. The minimum Gasteiger partial charge on any atom is -0.351 e. The second-order valence-electron chi connectivity index (χ2n) is 9.07. The Morgan fingerprint density at radius 2 is 2.00 bits per heavy atom. The Bertz CT molecular complexity index is 1190. The Balaban J connectivity index is 1.49. The van der Waals surface area contributed by atoms with E-state index < -0.39 is 12.1 Å². The number of fused-ring (bicyclic) bond motifs is 1. The number of carbonyl (C=O) groups excluding carboxylic acids is 3. The molecule has 1 aromatic carbocycles. The number of rotatable bonds is 4. The summed E-state index contributed by atoms with van der Waals surface area (Å²) < 4.78 is 1.30. The lowest BCUT2D eigenvalue weighted by Crippen LogP contribution is -2.43. The highest BCUT2D eigenvalue weighted by molar-refractivity contribution is 7.09. The predicted octanol–water partition coefficient (Wildman–Crippen LogP) is 4.13. The normalized spacial score (nSPS) is 16.5. The number of ketones is 1. The molecule has 0 saturated carbocycles. The van der Waals surface area contributed by atoms with Crippen molar-refractivity contribution in [3.05, 3.63) is 46.5 Å². The number of anilines is 1. The monoisotopic (exact) mass is 453 g/mol. The standard InChI is InChI=1S/C23H27N5O3S/c1-23(2,3)19-13-32-20(26-19)11-18(29)17-9-6-10-27(17)22(31)25-15-12-28(21(24)30)16-8-5-4-7-14(15)16/h4-5,7-8,12-13,17H,6,9-11H2,1-3H3,(H2,24,30)(H,25,31)/t17-/m0/s1. The fourth-order valence-corrected chi connectivity index (χ4v) is 5.03. The van der Waals surface area contributed by atoms with Gasteiger partial charge in [0.2, 0.25) is 0 Å². The van der Waals surface area contributed by atoms with E-state index in [0.717, 1.165) is 17.1 Å². The molecule has 0 bridgehead atoms. The first kappa shape index (κ1) is 22.0. The van der Waals surface area contributed by atoms with Gasteiger partial charge in [0.25, 0.3) is 0 Å². The molecule has 3 N–H and O–H groups in total. The Hall–Kier alpha value is -3.20. The average molecular weight is 454 g/mol. The number of para-hydroxylation sites is 1. The van der Waals surface area contributed by atoms with E-state index in [9.17, 15) is 14.4 Å². The first-order valence-electron chi connectivity index (χ1n) is 10.6. The van der Waals surface area contributed by atoms with Crippen molar-refractivity contribution in [3.8, 4) is 0 Å². The molecule has 0 spiro atoms. The average Bonchev–Trinajstić information content (AvgIpc) is 3.46. The molecule has 2 aromatic heterocycles. The van der Waals surface area contributed by atoms with Gasteiger partial charge >= 0.3 is 12.1 Å². The Labute approximate surface area is 190 Å². The molecular weight excluding hydrogens is 426 g/mol. The van der Waals surface area contributed by atoms with E-state index >= 15 is 0 Å². The van der Waals surface area contributed by atoms with E-state index in [0.29, 0.717) is 29.6 Å². The summed E-state index contributed by atoms with van der Waals surface area (Å²) in [6.07, 6.45) is 3.13. The number of likely N-dealkylation sites (tertiary alicyclic amines) is 1. The number of primary amides is 1. The zero-order valence-electron chi connectivity index (χ0n) is 18.4. The van der Waals surface area contributed by atoms with Crippen LogP contribution in [0.25, 0.3) is 10.9 Å². The quantitative estimate of drug-likeness (QED) is 0.619. The Morgan fingerprint density at radius 1 is 1.25 bits per heavy atom. The van der Waals surface area contributed by atoms with Crippen LogP contribution in [0.5, 0.6) is 0 Å². The minimum absolute atomic E-state index is 0.00739. The van der Waals surface area contributed by atoms with Gasteiger partial charge in [-0.15, -0.1) is 11.3 Å². The molecule has 4 rings (SSSR count). The molecule has 1 saturated heterocycles. The van der Waals surface area contributed by atoms with Crippen molar-refractivity contribution >= 4 is 45.8 Å². The number of carbonyl (C=O) groups is 3. The summed E-state index contributed by atoms with van der Waals surface area (Å²) in [6.45, 7) is 6.77. The highest BCUT2D eigenvalue weighted by Gasteiger charge is 2.34. The van der Waals surface area contributed by atoms with Crippen molar-refractivity contribution < 1.29 is 14.4 Å². The van der Waals surface area contributed by atoms with Crippen LogP contribution in [0.3, 0.4) is 0 Å². The lowest BCUT2D eigenvalue weighted by Gasteiger charge is -2.23. The first-order chi connectivity index (χ1) is 15.1. The van der Waals surface area contributed by atoms with E-state index in [2.05, 4.69) is 31.1 Å².